The highest BCUT2D eigenvalue weighted by Crippen LogP contribution is 2.22. The Morgan fingerprint density at radius 3 is 2.72 bits per heavy atom. The molecule has 5 heteroatoms. The summed E-state index contributed by atoms with van der Waals surface area (Å²) in [6.07, 6.45) is 0. The minimum absolute atomic E-state index is 0.0398. The molecule has 2 aromatic carbocycles. The van der Waals surface area contributed by atoms with Crippen molar-refractivity contribution in [1.29, 1.82) is 0 Å². The first-order chi connectivity index (χ1) is 12.0. The van der Waals surface area contributed by atoms with E-state index in [9.17, 15) is 9.59 Å². The van der Waals surface area contributed by atoms with Crippen molar-refractivity contribution in [2.75, 3.05) is 11.9 Å². The van der Waals surface area contributed by atoms with Crippen LogP contribution < -0.4 is 15.7 Å². The van der Waals surface area contributed by atoms with Gasteiger partial charge in [0.25, 0.3) is 5.91 Å². The Morgan fingerprint density at radius 2 is 1.96 bits per heavy atom. The molecule has 0 fully saturated rings. The van der Waals surface area contributed by atoms with E-state index in [1.54, 1.807) is 24.3 Å². The third-order valence-corrected chi connectivity index (χ3v) is 4.11. The minimum Gasteiger partial charge on any atom is -0.494 e. The number of anilines is 1. The number of nitrogens with one attached hydrogen (secondary N) is 1. The predicted octanol–water partition coefficient (Wildman–Crippen LogP) is 4.06. The average molecular weight is 337 g/mol. The number of hydrogen-bond donors (Lipinski definition) is 1. The zero-order valence-corrected chi connectivity index (χ0v) is 14.4. The zero-order valence-electron chi connectivity index (χ0n) is 14.4. The number of hydrogen-bond acceptors (Lipinski definition) is 4. The van der Waals surface area contributed by atoms with Crippen LogP contribution >= 0.6 is 0 Å². The zero-order chi connectivity index (χ0) is 18.0. The molecule has 0 aliphatic rings. The Labute approximate surface area is 145 Å². The lowest BCUT2D eigenvalue weighted by atomic mass is 10.1. The van der Waals surface area contributed by atoms with Crippen molar-refractivity contribution in [2.24, 2.45) is 0 Å². The monoisotopic (exact) mass is 337 g/mol. The van der Waals surface area contributed by atoms with Gasteiger partial charge in [-0.3, -0.25) is 4.79 Å². The number of fused-ring (bicyclic) bond motifs is 1. The van der Waals surface area contributed by atoms with Crippen molar-refractivity contribution >= 4 is 22.6 Å². The van der Waals surface area contributed by atoms with Gasteiger partial charge >= 0.3 is 5.63 Å². The van der Waals surface area contributed by atoms with E-state index in [1.807, 2.05) is 32.9 Å². The summed E-state index contributed by atoms with van der Waals surface area (Å²) < 4.78 is 10.7. The lowest BCUT2D eigenvalue weighted by molar-refractivity contribution is 0.102. The summed E-state index contributed by atoms with van der Waals surface area (Å²) in [4.78, 5) is 24.7. The van der Waals surface area contributed by atoms with Gasteiger partial charge < -0.3 is 14.5 Å². The first kappa shape index (κ1) is 16.8. The van der Waals surface area contributed by atoms with Crippen LogP contribution in [0.15, 0.2) is 51.7 Å². The first-order valence-corrected chi connectivity index (χ1v) is 8.08. The summed E-state index contributed by atoms with van der Waals surface area (Å²) in [5.41, 5.74) is 2.40. The fraction of sp³-hybridized carbons (Fsp3) is 0.200. The molecule has 25 heavy (non-hydrogen) atoms. The molecule has 0 radical (unpaired) electrons. The highest BCUT2D eigenvalue weighted by Gasteiger charge is 2.15. The van der Waals surface area contributed by atoms with Crippen LogP contribution in [0.4, 0.5) is 5.69 Å². The van der Waals surface area contributed by atoms with E-state index in [0.29, 0.717) is 29.0 Å². The molecule has 0 unspecified atom stereocenters. The van der Waals surface area contributed by atoms with Gasteiger partial charge in [0, 0.05) is 11.1 Å². The fourth-order valence-electron chi connectivity index (χ4n) is 2.59. The second kappa shape index (κ2) is 6.81. The number of amides is 1. The Balaban J connectivity index is 1.99. The largest absolute Gasteiger partial charge is 0.494 e. The van der Waals surface area contributed by atoms with Gasteiger partial charge in [0.2, 0.25) is 0 Å². The van der Waals surface area contributed by atoms with Gasteiger partial charge in [-0.05, 0) is 62.2 Å². The third kappa shape index (κ3) is 3.40. The third-order valence-electron chi connectivity index (χ3n) is 4.11. The van der Waals surface area contributed by atoms with E-state index in [2.05, 4.69) is 5.32 Å². The molecular weight excluding hydrogens is 318 g/mol. The summed E-state index contributed by atoms with van der Waals surface area (Å²) >= 11 is 0. The van der Waals surface area contributed by atoms with E-state index >= 15 is 0 Å². The molecule has 0 bridgehead atoms. The molecule has 3 aromatic rings. The van der Waals surface area contributed by atoms with E-state index in [0.717, 1.165) is 11.1 Å². The maximum absolute atomic E-state index is 12.6. The molecule has 0 aliphatic carbocycles. The van der Waals surface area contributed by atoms with Gasteiger partial charge in [-0.1, -0.05) is 12.1 Å². The van der Waals surface area contributed by atoms with Gasteiger partial charge in [0.15, 0.2) is 0 Å². The predicted molar refractivity (Wildman–Crippen MR) is 97.5 cm³/mol. The number of benzene rings is 2. The number of rotatable bonds is 4. The van der Waals surface area contributed by atoms with E-state index in [1.165, 1.54) is 6.07 Å². The van der Waals surface area contributed by atoms with Crippen molar-refractivity contribution in [3.05, 3.63) is 69.6 Å². The number of carbonyl (C=O) groups excluding carboxylic acids is 1. The Morgan fingerprint density at radius 1 is 1.16 bits per heavy atom. The van der Waals surface area contributed by atoms with Gasteiger partial charge in [0.05, 0.1) is 6.61 Å². The quantitative estimate of drug-likeness (QED) is 0.729. The van der Waals surface area contributed by atoms with E-state index < -0.39 is 11.5 Å². The van der Waals surface area contributed by atoms with Gasteiger partial charge in [-0.25, -0.2) is 4.79 Å². The summed E-state index contributed by atoms with van der Waals surface area (Å²) in [6.45, 7) is 6.30. The fourth-order valence-corrected chi connectivity index (χ4v) is 2.59. The Bertz CT molecular complexity index is 1000. The molecule has 128 valence electrons. The SMILES string of the molecule is CCOc1ccc2oc(=O)c(C(=O)Nc3cccc(C)c3C)cc2c1. The highest BCUT2D eigenvalue weighted by atomic mass is 16.5. The molecular formula is C20H19NO4. The lowest BCUT2D eigenvalue weighted by Gasteiger charge is -2.10. The van der Waals surface area contributed by atoms with Crippen LogP contribution in [0.25, 0.3) is 11.0 Å². The van der Waals surface area contributed by atoms with Crippen LogP contribution in [0.2, 0.25) is 0 Å². The van der Waals surface area contributed by atoms with Gasteiger partial charge in [-0.15, -0.1) is 0 Å². The van der Waals surface area contributed by atoms with Crippen molar-refractivity contribution in [2.45, 2.75) is 20.8 Å². The summed E-state index contributed by atoms with van der Waals surface area (Å²) in [5, 5.41) is 3.42. The van der Waals surface area contributed by atoms with Crippen molar-refractivity contribution in [3.63, 3.8) is 0 Å². The molecule has 0 atom stereocenters. The van der Waals surface area contributed by atoms with Crippen LogP contribution in [0.5, 0.6) is 5.75 Å². The summed E-state index contributed by atoms with van der Waals surface area (Å²) in [7, 11) is 0. The molecule has 1 amide bonds. The Kier molecular flexibility index (Phi) is 4.57. The summed E-state index contributed by atoms with van der Waals surface area (Å²) in [5.74, 6) is 0.163. The lowest BCUT2D eigenvalue weighted by Crippen LogP contribution is -2.21. The molecule has 1 heterocycles. The van der Waals surface area contributed by atoms with E-state index in [4.69, 9.17) is 9.15 Å². The first-order valence-electron chi connectivity index (χ1n) is 8.08. The maximum atomic E-state index is 12.6. The van der Waals surface area contributed by atoms with Crippen LogP contribution in [0.3, 0.4) is 0 Å². The van der Waals surface area contributed by atoms with Gasteiger partial charge in [-0.2, -0.15) is 0 Å². The minimum atomic E-state index is -0.667. The topological polar surface area (TPSA) is 68.5 Å². The molecule has 1 aromatic heterocycles. The van der Waals surface area contributed by atoms with E-state index in [-0.39, 0.29) is 5.56 Å². The number of aryl methyl sites for hydroxylation is 1. The van der Waals surface area contributed by atoms with Crippen LogP contribution in [0, 0.1) is 13.8 Å². The smallest absolute Gasteiger partial charge is 0.349 e. The average Bonchev–Trinajstić information content (AvgIpc) is 2.59. The second-order valence-electron chi connectivity index (χ2n) is 5.78. The van der Waals surface area contributed by atoms with Gasteiger partial charge in [0.1, 0.15) is 16.9 Å². The van der Waals surface area contributed by atoms with Crippen LogP contribution in [0.1, 0.15) is 28.4 Å². The standard InChI is InChI=1S/C20H19NO4/c1-4-24-15-8-9-18-14(10-15)11-16(20(23)25-18)19(22)21-17-7-5-6-12(2)13(17)3/h5-11H,4H2,1-3H3,(H,21,22). The van der Waals surface area contributed by atoms with Crippen molar-refractivity contribution < 1.29 is 13.9 Å². The molecule has 1 N–H and O–H groups in total. The molecule has 5 nitrogen and oxygen atoms in total. The van der Waals surface area contributed by atoms with Crippen LogP contribution in [-0.2, 0) is 0 Å². The number of ether oxygens (including phenoxy) is 1. The molecule has 0 spiro atoms. The van der Waals surface area contributed by atoms with Crippen molar-refractivity contribution in [3.8, 4) is 5.75 Å². The molecule has 0 saturated carbocycles. The normalized spacial score (nSPS) is 10.7. The summed E-state index contributed by atoms with van der Waals surface area (Å²) in [6, 6.07) is 12.3. The molecule has 3 rings (SSSR count). The Hall–Kier alpha value is -3.08. The van der Waals surface area contributed by atoms with Crippen molar-refractivity contribution in [1.82, 2.24) is 0 Å². The van der Waals surface area contributed by atoms with Crippen LogP contribution in [-0.4, -0.2) is 12.5 Å². The number of carbonyl (C=O) groups is 1. The highest BCUT2D eigenvalue weighted by molar-refractivity contribution is 6.05. The maximum Gasteiger partial charge on any atom is 0.349 e. The second-order valence-corrected chi connectivity index (χ2v) is 5.78. The molecule has 0 saturated heterocycles. The molecule has 0 aliphatic heterocycles.